The highest BCUT2D eigenvalue weighted by molar-refractivity contribution is 5.97. The van der Waals surface area contributed by atoms with Crippen LogP contribution in [0.4, 0.5) is 0 Å². The van der Waals surface area contributed by atoms with Gasteiger partial charge in [0.1, 0.15) is 6.04 Å². The highest BCUT2D eigenvalue weighted by Crippen LogP contribution is 2.20. The highest BCUT2D eigenvalue weighted by Gasteiger charge is 2.21. The first-order valence-electron chi connectivity index (χ1n) is 7.22. The molecule has 23 heavy (non-hydrogen) atoms. The molecule has 0 aliphatic rings. The van der Waals surface area contributed by atoms with E-state index in [1.54, 1.807) is 0 Å². The van der Waals surface area contributed by atoms with Crippen molar-refractivity contribution in [2.45, 2.75) is 32.7 Å². The summed E-state index contributed by atoms with van der Waals surface area (Å²) < 4.78 is 1.37. The van der Waals surface area contributed by atoms with E-state index in [9.17, 15) is 14.7 Å². The first kappa shape index (κ1) is 16.5. The van der Waals surface area contributed by atoms with Gasteiger partial charge in [0.15, 0.2) is 11.4 Å². The molecule has 0 bridgehead atoms. The van der Waals surface area contributed by atoms with Crippen molar-refractivity contribution in [1.29, 1.82) is 0 Å². The van der Waals surface area contributed by atoms with E-state index in [0.717, 1.165) is 0 Å². The number of hydrogen-bond acceptors (Lipinski definition) is 4. The van der Waals surface area contributed by atoms with Gasteiger partial charge in [0, 0.05) is 0 Å². The number of aromatic hydroxyl groups is 1. The van der Waals surface area contributed by atoms with Crippen molar-refractivity contribution < 1.29 is 19.8 Å². The zero-order valence-electron chi connectivity index (χ0n) is 13.1. The summed E-state index contributed by atoms with van der Waals surface area (Å²) in [6.07, 6.45) is 1.31. The molecule has 0 fully saturated rings. The molecule has 3 N–H and O–H groups in total. The Hall–Kier alpha value is -2.83. The lowest BCUT2D eigenvalue weighted by atomic mass is 10.0. The van der Waals surface area contributed by atoms with Gasteiger partial charge in [-0.1, -0.05) is 26.0 Å². The number of amides is 1. The number of nitrogens with one attached hydrogen (secondary N) is 1. The van der Waals surface area contributed by atoms with Crippen LogP contribution in [0.1, 0.15) is 42.7 Å². The molecule has 1 atom stereocenters. The van der Waals surface area contributed by atoms with Crippen LogP contribution in [0.25, 0.3) is 5.69 Å². The monoisotopic (exact) mass is 317 g/mol. The third kappa shape index (κ3) is 3.68. The third-order valence-electron chi connectivity index (χ3n) is 3.45. The van der Waals surface area contributed by atoms with Crippen molar-refractivity contribution in [3.05, 3.63) is 41.7 Å². The predicted molar refractivity (Wildman–Crippen MR) is 83.9 cm³/mol. The molecule has 1 aromatic heterocycles. The number of rotatable bonds is 5. The van der Waals surface area contributed by atoms with Crippen LogP contribution in [0.2, 0.25) is 0 Å². The van der Waals surface area contributed by atoms with Crippen LogP contribution in [-0.4, -0.2) is 37.9 Å². The van der Waals surface area contributed by atoms with E-state index in [-0.39, 0.29) is 11.4 Å². The number of aromatic nitrogens is 2. The second-order valence-electron chi connectivity index (χ2n) is 5.59. The number of nitrogens with zero attached hydrogens (tertiary/aromatic N) is 2. The standard InChI is InChI=1S/C16H19N3O4/c1-9(2)11-4-6-12(7-5-11)19-8-13(20)14(18-19)15(21)17-10(3)16(22)23/h4-10,20H,1-3H3,(H,17,21)(H,22,23). The van der Waals surface area contributed by atoms with Crippen molar-refractivity contribution in [1.82, 2.24) is 15.1 Å². The number of benzene rings is 1. The van der Waals surface area contributed by atoms with E-state index in [1.807, 2.05) is 24.3 Å². The minimum atomic E-state index is -1.17. The molecule has 1 unspecified atom stereocenters. The number of carbonyl (C=O) groups excluding carboxylic acids is 1. The van der Waals surface area contributed by atoms with Crippen LogP contribution in [0.3, 0.4) is 0 Å². The minimum Gasteiger partial charge on any atom is -0.504 e. The predicted octanol–water partition coefficient (Wildman–Crippen LogP) is 1.90. The Morgan fingerprint density at radius 3 is 2.30 bits per heavy atom. The second kappa shape index (κ2) is 6.51. The van der Waals surface area contributed by atoms with E-state index in [1.165, 1.54) is 23.4 Å². The SMILES string of the molecule is CC(NC(=O)c1nn(-c2ccc(C(C)C)cc2)cc1O)C(=O)O. The van der Waals surface area contributed by atoms with Crippen LogP contribution in [0.15, 0.2) is 30.5 Å². The van der Waals surface area contributed by atoms with Gasteiger partial charge in [-0.25, -0.2) is 4.68 Å². The molecule has 0 spiro atoms. The van der Waals surface area contributed by atoms with Gasteiger partial charge in [0.2, 0.25) is 0 Å². The quantitative estimate of drug-likeness (QED) is 0.781. The fourth-order valence-corrected chi connectivity index (χ4v) is 2.00. The van der Waals surface area contributed by atoms with E-state index >= 15 is 0 Å². The summed E-state index contributed by atoms with van der Waals surface area (Å²) in [6, 6.07) is 6.50. The molecule has 122 valence electrons. The molecule has 0 aliphatic carbocycles. The molecule has 2 rings (SSSR count). The second-order valence-corrected chi connectivity index (χ2v) is 5.59. The number of aliphatic carboxylic acids is 1. The largest absolute Gasteiger partial charge is 0.504 e. The van der Waals surface area contributed by atoms with Gasteiger partial charge < -0.3 is 15.5 Å². The van der Waals surface area contributed by atoms with Gasteiger partial charge in [-0.2, -0.15) is 5.10 Å². The van der Waals surface area contributed by atoms with Crippen molar-refractivity contribution >= 4 is 11.9 Å². The molecule has 0 saturated heterocycles. The van der Waals surface area contributed by atoms with Gasteiger partial charge in [-0.3, -0.25) is 9.59 Å². The van der Waals surface area contributed by atoms with Crippen molar-refractivity contribution in [3.8, 4) is 11.4 Å². The Labute approximate surface area is 133 Å². The molecule has 7 nitrogen and oxygen atoms in total. The van der Waals surface area contributed by atoms with Crippen molar-refractivity contribution in [3.63, 3.8) is 0 Å². The summed E-state index contributed by atoms with van der Waals surface area (Å²) in [5, 5.41) is 24.9. The molecule has 7 heteroatoms. The smallest absolute Gasteiger partial charge is 0.325 e. The first-order valence-corrected chi connectivity index (χ1v) is 7.22. The van der Waals surface area contributed by atoms with E-state index in [0.29, 0.717) is 11.6 Å². The molecule has 0 saturated carbocycles. The van der Waals surface area contributed by atoms with Gasteiger partial charge in [0.25, 0.3) is 5.91 Å². The minimum absolute atomic E-state index is 0.217. The summed E-state index contributed by atoms with van der Waals surface area (Å²) in [5.41, 5.74) is 1.64. The summed E-state index contributed by atoms with van der Waals surface area (Å²) in [5.74, 6) is -1.82. The fourth-order valence-electron chi connectivity index (χ4n) is 2.00. The fraction of sp³-hybridized carbons (Fsp3) is 0.312. The Balaban J connectivity index is 2.23. The molecular weight excluding hydrogens is 298 g/mol. The Morgan fingerprint density at radius 1 is 1.17 bits per heavy atom. The molecule has 0 aliphatic heterocycles. The molecule has 1 heterocycles. The van der Waals surface area contributed by atoms with E-state index in [4.69, 9.17) is 5.11 Å². The molecule has 1 aromatic carbocycles. The average Bonchev–Trinajstić information content (AvgIpc) is 2.89. The number of carbonyl (C=O) groups is 2. The maximum absolute atomic E-state index is 12.0. The van der Waals surface area contributed by atoms with Gasteiger partial charge in [-0.05, 0) is 30.5 Å². The first-order chi connectivity index (χ1) is 10.8. The lowest BCUT2D eigenvalue weighted by Gasteiger charge is -2.08. The molecule has 0 radical (unpaired) electrons. The maximum Gasteiger partial charge on any atom is 0.325 e. The lowest BCUT2D eigenvalue weighted by molar-refractivity contribution is -0.138. The van der Waals surface area contributed by atoms with Crippen LogP contribution < -0.4 is 5.32 Å². The Kier molecular flexibility index (Phi) is 4.68. The third-order valence-corrected chi connectivity index (χ3v) is 3.45. The van der Waals surface area contributed by atoms with Gasteiger partial charge in [0.05, 0.1) is 11.9 Å². The summed E-state index contributed by atoms with van der Waals surface area (Å²) >= 11 is 0. The van der Waals surface area contributed by atoms with E-state index < -0.39 is 17.9 Å². The molecule has 1 amide bonds. The van der Waals surface area contributed by atoms with Crippen molar-refractivity contribution in [2.75, 3.05) is 0 Å². The zero-order valence-corrected chi connectivity index (χ0v) is 13.1. The lowest BCUT2D eigenvalue weighted by Crippen LogP contribution is -2.38. The van der Waals surface area contributed by atoms with Crippen LogP contribution in [0.5, 0.6) is 5.75 Å². The van der Waals surface area contributed by atoms with Gasteiger partial charge >= 0.3 is 5.97 Å². The maximum atomic E-state index is 12.0. The average molecular weight is 317 g/mol. The molecule has 2 aromatic rings. The normalized spacial score (nSPS) is 12.2. The summed E-state index contributed by atoms with van der Waals surface area (Å²) in [4.78, 5) is 22.7. The molecular formula is C16H19N3O4. The van der Waals surface area contributed by atoms with E-state index in [2.05, 4.69) is 24.3 Å². The Bertz CT molecular complexity index is 719. The van der Waals surface area contributed by atoms with Crippen LogP contribution >= 0.6 is 0 Å². The zero-order chi connectivity index (χ0) is 17.1. The van der Waals surface area contributed by atoms with Gasteiger partial charge in [-0.15, -0.1) is 0 Å². The summed E-state index contributed by atoms with van der Waals surface area (Å²) in [6.45, 7) is 5.50. The van der Waals surface area contributed by atoms with Crippen LogP contribution in [-0.2, 0) is 4.79 Å². The number of hydrogen-bond donors (Lipinski definition) is 3. The highest BCUT2D eigenvalue weighted by atomic mass is 16.4. The number of carboxylic acid groups (broad SMARTS) is 1. The van der Waals surface area contributed by atoms with Crippen molar-refractivity contribution in [2.24, 2.45) is 0 Å². The Morgan fingerprint density at radius 2 is 1.78 bits per heavy atom. The van der Waals surface area contributed by atoms with Crippen LogP contribution in [0, 0.1) is 0 Å². The topological polar surface area (TPSA) is 104 Å². The summed E-state index contributed by atoms with van der Waals surface area (Å²) in [7, 11) is 0. The number of carboxylic acids is 1.